The van der Waals surface area contributed by atoms with Crippen molar-refractivity contribution >= 4 is 5.91 Å². The molecule has 134 valence electrons. The van der Waals surface area contributed by atoms with Crippen molar-refractivity contribution in [3.05, 3.63) is 47.3 Å². The maximum Gasteiger partial charge on any atom is 0.234 e. The average molecular weight is 347 g/mol. The summed E-state index contributed by atoms with van der Waals surface area (Å²) in [7, 11) is 1.66. The molecule has 0 bridgehead atoms. The first-order valence-corrected chi connectivity index (χ1v) is 8.20. The van der Waals surface area contributed by atoms with Crippen LogP contribution in [0.25, 0.3) is 0 Å². The Hall–Kier alpha value is -2.32. The van der Waals surface area contributed by atoms with Gasteiger partial charge in [0, 0.05) is 20.2 Å². The number of ether oxygens (including phenoxy) is 1. The first-order valence-electron chi connectivity index (χ1n) is 8.20. The molecule has 0 radical (unpaired) electrons. The largest absolute Gasteiger partial charge is 0.380 e. The summed E-state index contributed by atoms with van der Waals surface area (Å²) in [6, 6.07) is 4.94. The van der Waals surface area contributed by atoms with Crippen LogP contribution in [0.2, 0.25) is 0 Å². The highest BCUT2D eigenvalue weighted by atomic mass is 19.1. The highest BCUT2D eigenvalue weighted by Gasteiger charge is 2.35. The van der Waals surface area contributed by atoms with Crippen LogP contribution in [-0.2, 0) is 16.1 Å². The fourth-order valence-electron chi connectivity index (χ4n) is 3.05. The van der Waals surface area contributed by atoms with E-state index in [0.29, 0.717) is 18.7 Å². The lowest BCUT2D eigenvalue weighted by Crippen LogP contribution is -2.37. The summed E-state index contributed by atoms with van der Waals surface area (Å²) in [5, 5.41) is 9.58. The fourth-order valence-corrected chi connectivity index (χ4v) is 3.05. The van der Waals surface area contributed by atoms with Crippen LogP contribution in [0.4, 0.5) is 4.39 Å². The molecular formula is C17H22FN5O2. The van der Waals surface area contributed by atoms with Gasteiger partial charge in [-0.1, -0.05) is 12.1 Å². The highest BCUT2D eigenvalue weighted by molar-refractivity contribution is 5.78. The number of hydrogen-bond donors (Lipinski definition) is 2. The maximum atomic E-state index is 13.6. The van der Waals surface area contributed by atoms with Gasteiger partial charge < -0.3 is 10.1 Å². The molecule has 2 atom stereocenters. The van der Waals surface area contributed by atoms with Gasteiger partial charge >= 0.3 is 0 Å². The van der Waals surface area contributed by atoms with Crippen molar-refractivity contribution in [1.82, 2.24) is 25.4 Å². The van der Waals surface area contributed by atoms with Crippen molar-refractivity contribution in [1.29, 1.82) is 0 Å². The Bertz CT molecular complexity index is 722. The van der Waals surface area contributed by atoms with Gasteiger partial charge in [0.2, 0.25) is 5.91 Å². The minimum atomic E-state index is -0.264. The summed E-state index contributed by atoms with van der Waals surface area (Å²) >= 11 is 0. The van der Waals surface area contributed by atoms with Crippen LogP contribution < -0.4 is 5.32 Å². The SMILES string of the molecule is CO[C@@H]1C[C@@H](c2ncn[nH]2)N(CC(=O)NCc2ccc(C)c(F)c2)C1. The van der Waals surface area contributed by atoms with E-state index in [1.54, 1.807) is 20.1 Å². The summed E-state index contributed by atoms with van der Waals surface area (Å²) in [5.41, 5.74) is 1.33. The smallest absolute Gasteiger partial charge is 0.234 e. The summed E-state index contributed by atoms with van der Waals surface area (Å²) in [6.45, 7) is 2.87. The van der Waals surface area contributed by atoms with Crippen LogP contribution in [0, 0.1) is 12.7 Å². The van der Waals surface area contributed by atoms with Gasteiger partial charge in [-0.3, -0.25) is 14.8 Å². The summed E-state index contributed by atoms with van der Waals surface area (Å²) in [4.78, 5) is 18.5. The number of amides is 1. The molecule has 7 nitrogen and oxygen atoms in total. The van der Waals surface area contributed by atoms with Crippen molar-refractivity contribution in [2.45, 2.75) is 32.0 Å². The Morgan fingerprint density at radius 1 is 1.52 bits per heavy atom. The van der Waals surface area contributed by atoms with Gasteiger partial charge in [0.05, 0.1) is 18.7 Å². The van der Waals surface area contributed by atoms with Crippen molar-refractivity contribution in [2.75, 3.05) is 20.2 Å². The van der Waals surface area contributed by atoms with Crippen LogP contribution >= 0.6 is 0 Å². The number of H-pyrrole nitrogens is 1. The molecule has 1 amide bonds. The molecule has 1 aliphatic rings. The number of likely N-dealkylation sites (tertiary alicyclic amines) is 1. The number of carbonyl (C=O) groups excluding carboxylic acids is 1. The second kappa shape index (κ2) is 7.71. The van der Waals surface area contributed by atoms with Gasteiger partial charge in [0.1, 0.15) is 18.0 Å². The maximum absolute atomic E-state index is 13.6. The lowest BCUT2D eigenvalue weighted by atomic mass is 10.1. The van der Waals surface area contributed by atoms with Gasteiger partial charge in [0.25, 0.3) is 0 Å². The molecule has 1 aromatic carbocycles. The summed E-state index contributed by atoms with van der Waals surface area (Å²) in [5.74, 6) is 0.342. The number of aromatic amines is 1. The number of halogens is 1. The Morgan fingerprint density at radius 3 is 3.04 bits per heavy atom. The minimum Gasteiger partial charge on any atom is -0.380 e. The lowest BCUT2D eigenvalue weighted by Gasteiger charge is -2.21. The lowest BCUT2D eigenvalue weighted by molar-refractivity contribution is -0.122. The number of hydrogen-bond acceptors (Lipinski definition) is 5. The first-order chi connectivity index (χ1) is 12.1. The molecule has 0 spiro atoms. The van der Waals surface area contributed by atoms with E-state index in [0.717, 1.165) is 17.8 Å². The van der Waals surface area contributed by atoms with Crippen LogP contribution in [-0.4, -0.2) is 52.3 Å². The van der Waals surface area contributed by atoms with E-state index in [9.17, 15) is 9.18 Å². The summed E-state index contributed by atoms with van der Waals surface area (Å²) < 4.78 is 19.0. The molecule has 8 heteroatoms. The van der Waals surface area contributed by atoms with E-state index in [4.69, 9.17) is 4.74 Å². The third-order valence-electron chi connectivity index (χ3n) is 4.52. The number of methoxy groups -OCH3 is 1. The zero-order valence-electron chi connectivity index (χ0n) is 14.3. The first kappa shape index (κ1) is 17.5. The van der Waals surface area contributed by atoms with Crippen molar-refractivity contribution < 1.29 is 13.9 Å². The molecule has 0 unspecified atom stereocenters. The summed E-state index contributed by atoms with van der Waals surface area (Å²) in [6.07, 6.45) is 2.26. The minimum absolute atomic E-state index is 0.0324. The van der Waals surface area contributed by atoms with Crippen molar-refractivity contribution in [2.24, 2.45) is 0 Å². The van der Waals surface area contributed by atoms with Gasteiger partial charge in [-0.25, -0.2) is 9.37 Å². The molecule has 25 heavy (non-hydrogen) atoms. The highest BCUT2D eigenvalue weighted by Crippen LogP contribution is 2.30. The van der Waals surface area contributed by atoms with Crippen molar-refractivity contribution in [3.63, 3.8) is 0 Å². The van der Waals surface area contributed by atoms with Gasteiger partial charge in [-0.05, 0) is 30.5 Å². The number of nitrogens with one attached hydrogen (secondary N) is 2. The number of aryl methyl sites for hydroxylation is 1. The van der Waals surface area contributed by atoms with E-state index in [1.165, 1.54) is 12.4 Å². The average Bonchev–Trinajstić information content (AvgIpc) is 3.25. The van der Waals surface area contributed by atoms with E-state index in [-0.39, 0.29) is 30.4 Å². The Labute approximate surface area is 145 Å². The van der Waals surface area contributed by atoms with Crippen LogP contribution in [0.15, 0.2) is 24.5 Å². The molecule has 1 aliphatic heterocycles. The van der Waals surface area contributed by atoms with E-state index in [1.807, 2.05) is 11.0 Å². The van der Waals surface area contributed by atoms with Crippen molar-refractivity contribution in [3.8, 4) is 0 Å². The van der Waals surface area contributed by atoms with Crippen LogP contribution in [0.3, 0.4) is 0 Å². The second-order valence-corrected chi connectivity index (χ2v) is 6.27. The number of carbonyl (C=O) groups is 1. The van der Waals surface area contributed by atoms with Crippen LogP contribution in [0.1, 0.15) is 29.4 Å². The normalized spacial score (nSPS) is 20.8. The quantitative estimate of drug-likeness (QED) is 0.824. The number of benzene rings is 1. The second-order valence-electron chi connectivity index (χ2n) is 6.27. The van der Waals surface area contributed by atoms with Crippen LogP contribution in [0.5, 0.6) is 0 Å². The zero-order valence-corrected chi connectivity index (χ0v) is 14.3. The Morgan fingerprint density at radius 2 is 2.36 bits per heavy atom. The van der Waals surface area contributed by atoms with E-state index >= 15 is 0 Å². The number of rotatable bonds is 6. The van der Waals surface area contributed by atoms with Gasteiger partial charge in [0.15, 0.2) is 0 Å². The zero-order chi connectivity index (χ0) is 17.8. The monoisotopic (exact) mass is 347 g/mol. The third kappa shape index (κ3) is 4.21. The predicted octanol–water partition coefficient (Wildman–Crippen LogP) is 1.33. The molecular weight excluding hydrogens is 325 g/mol. The molecule has 2 heterocycles. The molecule has 3 rings (SSSR count). The third-order valence-corrected chi connectivity index (χ3v) is 4.52. The number of aromatic nitrogens is 3. The topological polar surface area (TPSA) is 83.1 Å². The molecule has 0 aliphatic carbocycles. The Balaban J connectivity index is 1.58. The molecule has 2 N–H and O–H groups in total. The van der Waals surface area contributed by atoms with E-state index in [2.05, 4.69) is 20.5 Å². The standard InChI is InChI=1S/C17H22FN5O2/c1-11-3-4-12(5-14(11)18)7-19-16(24)9-23-8-13(25-2)6-15(23)17-20-10-21-22-17/h3-5,10,13,15H,6-9H2,1-2H3,(H,19,24)(H,20,21,22)/t13-,15+/m1/s1. The molecule has 1 fully saturated rings. The molecule has 0 saturated carbocycles. The van der Waals surface area contributed by atoms with Gasteiger partial charge in [-0.2, -0.15) is 5.10 Å². The van der Waals surface area contributed by atoms with E-state index < -0.39 is 0 Å². The number of nitrogens with zero attached hydrogens (tertiary/aromatic N) is 3. The predicted molar refractivity (Wildman–Crippen MR) is 89.1 cm³/mol. The fraction of sp³-hybridized carbons (Fsp3) is 0.471. The molecule has 1 saturated heterocycles. The molecule has 2 aromatic rings. The molecule has 1 aromatic heterocycles. The Kier molecular flexibility index (Phi) is 5.40. The van der Waals surface area contributed by atoms with Gasteiger partial charge in [-0.15, -0.1) is 0 Å².